The molecule has 0 bridgehead atoms. The zero-order valence-electron chi connectivity index (χ0n) is 31.0. The van der Waals surface area contributed by atoms with Crippen LogP contribution >= 0.6 is 0 Å². The Bertz CT molecular complexity index is 2430. The molecule has 5 aliphatic rings. The van der Waals surface area contributed by atoms with Gasteiger partial charge in [-0.15, -0.1) is 0 Å². The van der Waals surface area contributed by atoms with Crippen molar-refractivity contribution in [3.63, 3.8) is 0 Å². The number of hydrogen-bond donors (Lipinski definition) is 1. The normalized spacial score (nSPS) is 18.6. The van der Waals surface area contributed by atoms with Crippen molar-refractivity contribution in [1.29, 1.82) is 0 Å². The zero-order chi connectivity index (χ0) is 38.0. The molecule has 53 heavy (non-hydrogen) atoms. The molecule has 11 heteroatoms. The van der Waals surface area contributed by atoms with Crippen molar-refractivity contribution < 1.29 is 37.0 Å². The summed E-state index contributed by atoms with van der Waals surface area (Å²) in [6.45, 7) is 13.8. The summed E-state index contributed by atoms with van der Waals surface area (Å²) in [5, 5.41) is 10.6. The molecule has 8 rings (SSSR count). The van der Waals surface area contributed by atoms with E-state index in [0.717, 1.165) is 75.3 Å². The van der Waals surface area contributed by atoms with Gasteiger partial charge in [-0.25, -0.2) is 22.1 Å². The fourth-order valence-corrected chi connectivity index (χ4v) is 9.42. The van der Waals surface area contributed by atoms with Gasteiger partial charge in [0.1, 0.15) is 18.0 Å². The van der Waals surface area contributed by atoms with Crippen molar-refractivity contribution in [2.45, 2.75) is 84.7 Å². The molecule has 0 atom stereocenters. The van der Waals surface area contributed by atoms with Gasteiger partial charge in [-0.2, -0.15) is 0 Å². The number of ether oxygens (including phenoxy) is 1. The molecule has 7 nitrogen and oxygen atoms in total. The topological polar surface area (TPSA) is 73.1 Å². The van der Waals surface area contributed by atoms with Gasteiger partial charge in [0.05, 0.1) is 28.8 Å². The van der Waals surface area contributed by atoms with Gasteiger partial charge in [0.15, 0.2) is 28.8 Å². The first-order valence-electron chi connectivity index (χ1n) is 18.2. The molecule has 5 heterocycles. The predicted molar refractivity (Wildman–Crippen MR) is 195 cm³/mol. The average molecular weight is 729 g/mol. The van der Waals surface area contributed by atoms with E-state index in [1.54, 1.807) is 0 Å². The number of aliphatic carboxylic acids is 1. The van der Waals surface area contributed by atoms with Gasteiger partial charge in [-0.3, -0.25) is 9.59 Å². The van der Waals surface area contributed by atoms with E-state index >= 15 is 17.6 Å². The van der Waals surface area contributed by atoms with E-state index in [1.807, 2.05) is 26.0 Å². The molecule has 3 aromatic carbocycles. The molecule has 3 aromatic rings. The molecule has 0 spiro atoms. The lowest BCUT2D eigenvalue weighted by molar-refractivity contribution is -0.137. The molecule has 0 radical (unpaired) electrons. The third-order valence-electron chi connectivity index (χ3n) is 11.7. The number of rotatable bonds is 5. The molecule has 276 valence electrons. The van der Waals surface area contributed by atoms with Gasteiger partial charge >= 0.3 is 5.97 Å². The van der Waals surface area contributed by atoms with Crippen LogP contribution in [0, 0.1) is 23.3 Å². The summed E-state index contributed by atoms with van der Waals surface area (Å²) < 4.78 is 73.3. The van der Waals surface area contributed by atoms with Crippen molar-refractivity contribution in [1.82, 2.24) is 9.48 Å². The molecule has 0 saturated carbocycles. The fourth-order valence-electron chi connectivity index (χ4n) is 9.42. The van der Waals surface area contributed by atoms with Crippen LogP contribution in [0.2, 0.25) is 0 Å². The van der Waals surface area contributed by atoms with Crippen LogP contribution in [0.5, 0.6) is 11.5 Å². The van der Waals surface area contributed by atoms with Crippen molar-refractivity contribution in [2.75, 3.05) is 31.6 Å². The highest BCUT2D eigenvalue weighted by Gasteiger charge is 2.43. The quantitative estimate of drug-likeness (QED) is 0.107. The zero-order valence-corrected chi connectivity index (χ0v) is 31.0. The van der Waals surface area contributed by atoms with Gasteiger partial charge in [0, 0.05) is 79.0 Å². The van der Waals surface area contributed by atoms with Gasteiger partial charge < -0.3 is 19.6 Å². The summed E-state index contributed by atoms with van der Waals surface area (Å²) in [7, 11) is 1.22. The molecule has 0 aliphatic carbocycles. The molecule has 0 aromatic heterocycles. The molecule has 0 unspecified atom stereocenters. The second-order valence-electron chi connectivity index (χ2n) is 16.1. The lowest BCUT2D eigenvalue weighted by Crippen LogP contribution is -2.53. The first-order chi connectivity index (χ1) is 24.9. The number of carbonyl (C=O) groups excluding carboxylic acids is 1. The average Bonchev–Trinajstić information content (AvgIpc) is 3.10. The van der Waals surface area contributed by atoms with E-state index in [2.05, 4.69) is 49.3 Å². The summed E-state index contributed by atoms with van der Waals surface area (Å²) in [6, 6.07) is 3.69. The Morgan fingerprint density at radius 3 is 2.28 bits per heavy atom. The number of benzene rings is 3. The second kappa shape index (κ2) is 11.8. The van der Waals surface area contributed by atoms with Gasteiger partial charge in [0.2, 0.25) is 5.36 Å². The largest absolute Gasteiger partial charge is 0.481 e. The van der Waals surface area contributed by atoms with Crippen LogP contribution in [0.4, 0.5) is 23.2 Å². The maximum atomic E-state index is 16.8. The first kappa shape index (κ1) is 35.1. The van der Waals surface area contributed by atoms with Crippen molar-refractivity contribution in [2.24, 2.45) is 0 Å². The number of carboxylic acids is 1. The molecule has 0 saturated heterocycles. The van der Waals surface area contributed by atoms with Crippen LogP contribution < -0.4 is 24.8 Å². The van der Waals surface area contributed by atoms with Crippen molar-refractivity contribution in [3.05, 3.63) is 97.1 Å². The van der Waals surface area contributed by atoms with Gasteiger partial charge in [-0.1, -0.05) is 6.08 Å². The van der Waals surface area contributed by atoms with E-state index in [4.69, 9.17) is 4.74 Å². The summed E-state index contributed by atoms with van der Waals surface area (Å²) in [5.74, 6) is -9.29. The van der Waals surface area contributed by atoms with E-state index in [9.17, 15) is 14.7 Å². The lowest BCUT2D eigenvalue weighted by Gasteiger charge is -2.47. The SMILES string of the molecule is CC1=CC(C)(C)N2CCCc3c4c(cc1c32)C(c1c(F)c(F)c(F)c(F)c1C(=O)N(C)CCC(=O)O)=c1cc2c3c(c1O4)CCC[N+]=3C(C)(C)C=C2C. The number of carbonyl (C=O) groups is 2. The van der Waals surface area contributed by atoms with E-state index in [1.165, 1.54) is 7.05 Å². The number of halogens is 4. The number of carboxylic acid groups (broad SMARTS) is 1. The fraction of sp³-hybridized carbons (Fsp3) is 0.405. The molecule has 1 amide bonds. The van der Waals surface area contributed by atoms with Crippen molar-refractivity contribution in [3.8, 4) is 11.5 Å². The number of fused-ring (bicyclic) bond motifs is 4. The van der Waals surface area contributed by atoms with Crippen LogP contribution in [-0.4, -0.2) is 59.6 Å². The number of allylic oxidation sites excluding steroid dienone is 2. The van der Waals surface area contributed by atoms with Gasteiger partial charge in [-0.05, 0) is 76.3 Å². The highest BCUT2D eigenvalue weighted by Crippen LogP contribution is 2.53. The monoisotopic (exact) mass is 728 g/mol. The number of hydrogen-bond acceptors (Lipinski definition) is 4. The molecular formula is C42H42F4N3O4+. The van der Waals surface area contributed by atoms with Crippen LogP contribution in [0.1, 0.15) is 105 Å². The minimum absolute atomic E-state index is 0.0224. The van der Waals surface area contributed by atoms with Crippen molar-refractivity contribution >= 4 is 34.3 Å². The standard InChI is InChI=1S/C42H41F4N3O4/c1-20-18-41(3,4)48-13-8-10-22-36(48)24(20)16-26-29(30-31(33(44)35(46)34(45)32(30)43)40(52)47(7)15-12-28(50)51)27-17-25-21(2)19-42(5,6)49-14-9-11-23(37(25)49)39(27)53-38(22)26/h16-19H,8-15H2,1-7H3/p+1. The highest BCUT2D eigenvalue weighted by atomic mass is 19.2. The van der Waals surface area contributed by atoms with Crippen LogP contribution in [0.3, 0.4) is 0 Å². The lowest BCUT2D eigenvalue weighted by atomic mass is 9.78. The van der Waals surface area contributed by atoms with E-state index < -0.39 is 52.7 Å². The molecule has 0 fully saturated rings. The highest BCUT2D eigenvalue weighted by molar-refractivity contribution is 6.03. The minimum Gasteiger partial charge on any atom is -0.481 e. The molecule has 1 N–H and O–H groups in total. The van der Waals surface area contributed by atoms with Crippen LogP contribution in [0.25, 0.3) is 16.7 Å². The number of amides is 1. The van der Waals surface area contributed by atoms with E-state index in [-0.39, 0.29) is 23.2 Å². The Morgan fingerprint density at radius 2 is 1.57 bits per heavy atom. The molecule has 5 aliphatic heterocycles. The van der Waals surface area contributed by atoms with Crippen LogP contribution in [0.15, 0.2) is 24.3 Å². The number of anilines is 1. The Labute approximate surface area is 305 Å². The third kappa shape index (κ3) is 5.02. The maximum absolute atomic E-state index is 16.8. The summed E-state index contributed by atoms with van der Waals surface area (Å²) in [4.78, 5) is 28.7. The Balaban J connectivity index is 1.57. The second-order valence-corrected chi connectivity index (χ2v) is 16.1. The molecular weight excluding hydrogens is 686 g/mol. The van der Waals surface area contributed by atoms with Crippen LogP contribution in [-0.2, 0) is 17.6 Å². The summed E-state index contributed by atoms with van der Waals surface area (Å²) in [6.07, 6.45) is 6.64. The summed E-state index contributed by atoms with van der Waals surface area (Å²) in [5.41, 5.74) is 4.31. The predicted octanol–water partition coefficient (Wildman–Crippen LogP) is 6.72. The third-order valence-corrected chi connectivity index (χ3v) is 11.7. The first-order valence-corrected chi connectivity index (χ1v) is 18.2. The van der Waals surface area contributed by atoms with E-state index in [0.29, 0.717) is 35.1 Å². The maximum Gasteiger partial charge on any atom is 0.305 e. The summed E-state index contributed by atoms with van der Waals surface area (Å²) >= 11 is 0. The smallest absolute Gasteiger partial charge is 0.305 e. The van der Waals surface area contributed by atoms with Gasteiger partial charge in [0.25, 0.3) is 5.91 Å². The Morgan fingerprint density at radius 1 is 0.887 bits per heavy atom. The Hall–Kier alpha value is -4.93. The number of nitrogens with zero attached hydrogens (tertiary/aromatic N) is 3. The Kier molecular flexibility index (Phi) is 7.81. The minimum atomic E-state index is -2.12.